The lowest BCUT2D eigenvalue weighted by molar-refractivity contribution is 0.0928. The monoisotopic (exact) mass is 505 g/mol. The number of carbonyl (C=O) groups is 1. The number of allylic oxidation sites excluding steroid dienone is 1. The summed E-state index contributed by atoms with van der Waals surface area (Å²) in [5, 5.41) is 9.16. The first-order valence-corrected chi connectivity index (χ1v) is 12.0. The van der Waals surface area contributed by atoms with Gasteiger partial charge < -0.3 is 4.31 Å². The molecule has 0 bridgehead atoms. The third kappa shape index (κ3) is 6.87. The fourth-order valence-corrected chi connectivity index (χ4v) is 5.05. The van der Waals surface area contributed by atoms with Crippen LogP contribution in [0.4, 0.5) is 23.2 Å². The lowest BCUT2D eigenvalue weighted by atomic mass is 9.45. The SMILES string of the molecule is C=C(NNC(=O)c1ccc(CN(c2cccc(F)c2)S(=C)N2CCB(C#N)CC2)c(F)c1)C(F)F. The second kappa shape index (κ2) is 11.9. The third-order valence-electron chi connectivity index (χ3n) is 5.51. The molecule has 1 unspecified atom stereocenters. The molecule has 1 fully saturated rings. The second-order valence-electron chi connectivity index (χ2n) is 7.90. The van der Waals surface area contributed by atoms with E-state index in [0.29, 0.717) is 31.4 Å². The van der Waals surface area contributed by atoms with Gasteiger partial charge in [0.25, 0.3) is 19.0 Å². The van der Waals surface area contributed by atoms with Gasteiger partial charge in [-0.3, -0.25) is 15.6 Å². The molecule has 0 radical (unpaired) electrons. The van der Waals surface area contributed by atoms with Gasteiger partial charge in [0.05, 0.1) is 17.9 Å². The van der Waals surface area contributed by atoms with Crippen molar-refractivity contribution >= 4 is 35.0 Å². The summed E-state index contributed by atoms with van der Waals surface area (Å²) in [4.78, 5) is 12.2. The van der Waals surface area contributed by atoms with Gasteiger partial charge in [-0.25, -0.2) is 27.1 Å². The molecule has 184 valence electrons. The molecule has 1 amide bonds. The average Bonchev–Trinajstić information content (AvgIpc) is 2.85. The fourth-order valence-electron chi connectivity index (χ4n) is 3.49. The van der Waals surface area contributed by atoms with Gasteiger partial charge in [-0.15, -0.1) is 0 Å². The Bertz CT molecular complexity index is 1150. The molecule has 1 atom stereocenters. The van der Waals surface area contributed by atoms with Crippen LogP contribution in [-0.4, -0.2) is 42.3 Å². The van der Waals surface area contributed by atoms with Crippen molar-refractivity contribution in [3.8, 4) is 5.97 Å². The molecule has 0 saturated carbocycles. The van der Waals surface area contributed by atoms with Crippen molar-refractivity contribution in [2.45, 2.75) is 25.6 Å². The van der Waals surface area contributed by atoms with Gasteiger partial charge in [0.2, 0.25) is 0 Å². The number of nitrogens with one attached hydrogen (secondary N) is 2. The van der Waals surface area contributed by atoms with Crippen LogP contribution < -0.4 is 15.2 Å². The Hall–Kier alpha value is -3.30. The highest BCUT2D eigenvalue weighted by Gasteiger charge is 2.26. The summed E-state index contributed by atoms with van der Waals surface area (Å²) in [5.41, 5.74) is 4.02. The van der Waals surface area contributed by atoms with E-state index in [2.05, 4.69) is 22.7 Å². The van der Waals surface area contributed by atoms with Crippen molar-refractivity contribution in [1.82, 2.24) is 15.2 Å². The summed E-state index contributed by atoms with van der Waals surface area (Å²) < 4.78 is 57.8. The molecule has 0 spiro atoms. The summed E-state index contributed by atoms with van der Waals surface area (Å²) in [5.74, 6) is 4.59. The van der Waals surface area contributed by atoms with Crippen molar-refractivity contribution in [2.24, 2.45) is 0 Å². The zero-order valence-electron chi connectivity index (χ0n) is 18.8. The topological polar surface area (TPSA) is 71.4 Å². The van der Waals surface area contributed by atoms with E-state index in [1.807, 2.05) is 10.9 Å². The van der Waals surface area contributed by atoms with Crippen LogP contribution in [0.3, 0.4) is 0 Å². The van der Waals surface area contributed by atoms with Gasteiger partial charge in [-0.1, -0.05) is 18.7 Å². The van der Waals surface area contributed by atoms with Crippen molar-refractivity contribution in [3.05, 3.63) is 77.5 Å². The van der Waals surface area contributed by atoms with Crippen molar-refractivity contribution in [1.29, 1.82) is 5.26 Å². The molecule has 1 aliphatic rings. The van der Waals surface area contributed by atoms with E-state index in [9.17, 15) is 22.4 Å². The van der Waals surface area contributed by atoms with Crippen LogP contribution in [0.5, 0.6) is 0 Å². The van der Waals surface area contributed by atoms with Crippen LogP contribution in [-0.2, 0) is 6.54 Å². The average molecular weight is 505 g/mol. The molecule has 6 nitrogen and oxygen atoms in total. The summed E-state index contributed by atoms with van der Waals surface area (Å²) in [7, 11) is -0.802. The number of hydrogen-bond donors (Lipinski definition) is 2. The van der Waals surface area contributed by atoms with Crippen LogP contribution in [0.2, 0.25) is 12.6 Å². The first-order chi connectivity index (χ1) is 16.7. The number of halogens is 4. The standard InChI is InChI=1S/C23H24BF4N5OS/c1-16(22(27)28)30-31-23(34)17-6-7-18(21(26)12-17)14-33(20-5-3-4-19(25)13-20)35(2)32-10-8-24(15-29)9-11-32/h3-7,12-13,22,30H,1-2,8-11,14H2,(H,31,34). The number of nitriles is 1. The minimum atomic E-state index is -2.87. The highest BCUT2D eigenvalue weighted by Crippen LogP contribution is 2.35. The molecule has 2 aromatic carbocycles. The third-order valence-corrected chi connectivity index (χ3v) is 7.32. The van der Waals surface area contributed by atoms with Gasteiger partial charge in [0, 0.05) is 30.2 Å². The minimum Gasteiger partial charge on any atom is -0.306 e. The first-order valence-electron chi connectivity index (χ1n) is 10.7. The van der Waals surface area contributed by atoms with Crippen LogP contribution in [0.1, 0.15) is 15.9 Å². The maximum atomic E-state index is 15.0. The number of carbonyl (C=O) groups excluding carboxylic acids is 1. The Kier molecular flexibility index (Phi) is 8.95. The molecular weight excluding hydrogens is 481 g/mol. The van der Waals surface area contributed by atoms with E-state index in [1.54, 1.807) is 16.4 Å². The number of alkyl halides is 2. The smallest absolute Gasteiger partial charge is 0.279 e. The largest absolute Gasteiger partial charge is 0.306 e. The molecule has 1 heterocycles. The molecule has 2 aromatic rings. The normalized spacial score (nSPS) is 14.8. The summed E-state index contributed by atoms with van der Waals surface area (Å²) in [6.07, 6.45) is -1.49. The van der Waals surface area contributed by atoms with Gasteiger partial charge in [-0.05, 0) is 59.7 Å². The van der Waals surface area contributed by atoms with E-state index in [4.69, 9.17) is 5.26 Å². The molecule has 0 aromatic heterocycles. The molecule has 3 rings (SSSR count). The van der Waals surface area contributed by atoms with Crippen molar-refractivity contribution in [3.63, 3.8) is 0 Å². The van der Waals surface area contributed by atoms with E-state index >= 15 is 0 Å². The molecule has 0 aliphatic carbocycles. The highest BCUT2D eigenvalue weighted by atomic mass is 32.2. The summed E-state index contributed by atoms with van der Waals surface area (Å²) in [6.45, 7) is 4.37. The van der Waals surface area contributed by atoms with Crippen LogP contribution >= 0.6 is 10.9 Å². The van der Waals surface area contributed by atoms with E-state index < -0.39 is 40.5 Å². The van der Waals surface area contributed by atoms with Crippen LogP contribution in [0, 0.1) is 22.9 Å². The number of benzene rings is 2. The maximum absolute atomic E-state index is 15.0. The number of amides is 1. The molecule has 1 saturated heterocycles. The molecule has 2 N–H and O–H groups in total. The summed E-state index contributed by atoms with van der Waals surface area (Å²) in [6, 6.07) is 9.70. The fraction of sp³-hybridized carbons (Fsp3) is 0.261. The summed E-state index contributed by atoms with van der Waals surface area (Å²) >= 11 is 0. The van der Waals surface area contributed by atoms with E-state index in [-0.39, 0.29) is 24.4 Å². The lowest BCUT2D eigenvalue weighted by Gasteiger charge is -2.37. The van der Waals surface area contributed by atoms with E-state index in [1.165, 1.54) is 24.3 Å². The molecule has 1 aliphatic heterocycles. The Morgan fingerprint density at radius 1 is 1.20 bits per heavy atom. The minimum absolute atomic E-state index is 0.0191. The zero-order chi connectivity index (χ0) is 25.5. The number of rotatable bonds is 9. The zero-order valence-corrected chi connectivity index (χ0v) is 19.6. The van der Waals surface area contributed by atoms with Crippen molar-refractivity contribution < 1.29 is 22.4 Å². The van der Waals surface area contributed by atoms with Crippen LogP contribution in [0.15, 0.2) is 54.7 Å². The van der Waals surface area contributed by atoms with Crippen molar-refractivity contribution in [2.75, 3.05) is 17.4 Å². The number of nitrogens with zero attached hydrogens (tertiary/aromatic N) is 3. The Morgan fingerprint density at radius 3 is 2.51 bits per heavy atom. The Morgan fingerprint density at radius 2 is 1.91 bits per heavy atom. The lowest BCUT2D eigenvalue weighted by Crippen LogP contribution is -2.38. The van der Waals surface area contributed by atoms with E-state index in [0.717, 1.165) is 6.07 Å². The molecule has 12 heteroatoms. The number of hydrazine groups is 1. The molecule has 35 heavy (non-hydrogen) atoms. The second-order valence-corrected chi connectivity index (χ2v) is 9.54. The van der Waals surface area contributed by atoms with Crippen LogP contribution in [0.25, 0.3) is 0 Å². The predicted molar refractivity (Wildman–Crippen MR) is 132 cm³/mol. The predicted octanol–water partition coefficient (Wildman–Crippen LogP) is 4.39. The van der Waals surface area contributed by atoms with Gasteiger partial charge in [0.1, 0.15) is 11.6 Å². The quantitative estimate of drug-likeness (QED) is 0.229. The first kappa shape index (κ1) is 26.3. The molecular formula is C23H24BF4N5OS. The Labute approximate surface area is 204 Å². The van der Waals surface area contributed by atoms with Gasteiger partial charge in [-0.2, -0.15) is 0 Å². The van der Waals surface area contributed by atoms with Gasteiger partial charge >= 0.3 is 0 Å². The number of anilines is 1. The van der Waals surface area contributed by atoms with Gasteiger partial charge in [0.15, 0.2) is 0 Å². The highest BCUT2D eigenvalue weighted by molar-refractivity contribution is 8.13. The number of hydrogen-bond acceptors (Lipinski definition) is 5. The maximum Gasteiger partial charge on any atom is 0.279 e. The Balaban J connectivity index is 1.79.